The monoisotopic (exact) mass is 473 g/mol. The number of carbonyl (C=O) groups excluding carboxylic acids is 2. The molecule has 35 heavy (non-hydrogen) atoms. The normalized spacial score (nSPS) is 10.6. The Hall–Kier alpha value is -4.66. The van der Waals surface area contributed by atoms with Gasteiger partial charge in [-0.1, -0.05) is 30.3 Å². The predicted molar refractivity (Wildman–Crippen MR) is 131 cm³/mol. The van der Waals surface area contributed by atoms with E-state index in [4.69, 9.17) is 14.2 Å². The van der Waals surface area contributed by atoms with Crippen LogP contribution < -0.4 is 20.3 Å². The van der Waals surface area contributed by atoms with Crippen LogP contribution in [0.2, 0.25) is 0 Å². The standard InChI is InChI=1S/C26H23N3O6/c1-4-35-26(32)21-11-7-8-12-22(21)27-24(30)23-19-9-5-6-10-20(19)25(31)29(28-23)16-13-17(33-2)15-18(14-16)34-3/h5-15H,4H2,1-3H3,(H,27,30). The van der Waals surface area contributed by atoms with Gasteiger partial charge in [0, 0.05) is 23.6 Å². The summed E-state index contributed by atoms with van der Waals surface area (Å²) in [6.45, 7) is 1.90. The quantitative estimate of drug-likeness (QED) is 0.406. The molecule has 9 heteroatoms. The third kappa shape index (κ3) is 4.70. The topological polar surface area (TPSA) is 109 Å². The lowest BCUT2D eigenvalue weighted by molar-refractivity contribution is 0.0527. The van der Waals surface area contributed by atoms with E-state index in [-0.39, 0.29) is 23.6 Å². The lowest BCUT2D eigenvalue weighted by Gasteiger charge is -2.14. The average Bonchev–Trinajstić information content (AvgIpc) is 2.89. The van der Waals surface area contributed by atoms with E-state index in [0.717, 1.165) is 4.68 Å². The first kappa shape index (κ1) is 23.5. The van der Waals surface area contributed by atoms with E-state index in [0.29, 0.717) is 28.0 Å². The number of para-hydroxylation sites is 1. The number of rotatable bonds is 7. The molecule has 1 heterocycles. The molecule has 0 saturated carbocycles. The average molecular weight is 473 g/mol. The Morgan fingerprint density at radius 3 is 2.20 bits per heavy atom. The number of anilines is 1. The number of nitrogens with zero attached hydrogens (tertiary/aromatic N) is 2. The number of hydrogen-bond donors (Lipinski definition) is 1. The van der Waals surface area contributed by atoms with E-state index in [1.807, 2.05) is 0 Å². The fourth-order valence-corrected chi connectivity index (χ4v) is 3.61. The third-order valence-corrected chi connectivity index (χ3v) is 5.27. The molecule has 0 fully saturated rings. The van der Waals surface area contributed by atoms with Gasteiger partial charge in [-0.15, -0.1) is 0 Å². The molecule has 0 spiro atoms. The molecule has 0 bridgehead atoms. The van der Waals surface area contributed by atoms with Crippen molar-refractivity contribution in [3.63, 3.8) is 0 Å². The first-order valence-corrected chi connectivity index (χ1v) is 10.8. The second kappa shape index (κ2) is 10.1. The number of amides is 1. The largest absolute Gasteiger partial charge is 0.497 e. The van der Waals surface area contributed by atoms with E-state index in [1.54, 1.807) is 73.7 Å². The number of hydrogen-bond acceptors (Lipinski definition) is 7. The van der Waals surface area contributed by atoms with Crippen LogP contribution in [-0.2, 0) is 4.74 Å². The second-order valence-corrected chi connectivity index (χ2v) is 7.40. The SMILES string of the molecule is CCOC(=O)c1ccccc1NC(=O)c1nn(-c2cc(OC)cc(OC)c2)c(=O)c2ccccc12. The van der Waals surface area contributed by atoms with Crippen LogP contribution >= 0.6 is 0 Å². The Labute approximate surface area is 200 Å². The summed E-state index contributed by atoms with van der Waals surface area (Å²) in [7, 11) is 2.99. The van der Waals surface area contributed by atoms with Crippen LogP contribution in [0.25, 0.3) is 16.5 Å². The maximum atomic E-state index is 13.4. The van der Waals surface area contributed by atoms with Crippen molar-refractivity contribution in [2.45, 2.75) is 6.92 Å². The number of nitrogens with one attached hydrogen (secondary N) is 1. The number of carbonyl (C=O) groups is 2. The van der Waals surface area contributed by atoms with Crippen LogP contribution in [-0.4, -0.2) is 42.5 Å². The summed E-state index contributed by atoms with van der Waals surface area (Å²) < 4.78 is 16.8. The molecule has 0 saturated heterocycles. The van der Waals surface area contributed by atoms with Crippen molar-refractivity contribution in [2.75, 3.05) is 26.1 Å². The van der Waals surface area contributed by atoms with Gasteiger partial charge in [-0.05, 0) is 25.1 Å². The molecule has 0 aliphatic carbocycles. The second-order valence-electron chi connectivity index (χ2n) is 7.40. The summed E-state index contributed by atoms with van der Waals surface area (Å²) in [5.41, 5.74) is 0.415. The summed E-state index contributed by atoms with van der Waals surface area (Å²) in [6, 6.07) is 18.1. The zero-order chi connectivity index (χ0) is 24.9. The summed E-state index contributed by atoms with van der Waals surface area (Å²) >= 11 is 0. The highest BCUT2D eigenvalue weighted by Gasteiger charge is 2.21. The summed E-state index contributed by atoms with van der Waals surface area (Å²) in [5, 5.41) is 7.80. The smallest absolute Gasteiger partial charge is 0.340 e. The van der Waals surface area contributed by atoms with Crippen molar-refractivity contribution in [1.29, 1.82) is 0 Å². The predicted octanol–water partition coefficient (Wildman–Crippen LogP) is 3.83. The molecule has 4 rings (SSSR count). The molecule has 1 aromatic heterocycles. The Kier molecular flexibility index (Phi) is 6.77. The van der Waals surface area contributed by atoms with Crippen molar-refractivity contribution < 1.29 is 23.8 Å². The lowest BCUT2D eigenvalue weighted by Crippen LogP contribution is -2.27. The molecule has 0 aliphatic heterocycles. The van der Waals surface area contributed by atoms with E-state index < -0.39 is 17.4 Å². The first-order chi connectivity index (χ1) is 17.0. The molecule has 3 aromatic carbocycles. The Morgan fingerprint density at radius 1 is 0.914 bits per heavy atom. The molecule has 9 nitrogen and oxygen atoms in total. The summed E-state index contributed by atoms with van der Waals surface area (Å²) in [4.78, 5) is 39.1. The number of ether oxygens (including phenoxy) is 3. The maximum Gasteiger partial charge on any atom is 0.340 e. The van der Waals surface area contributed by atoms with Gasteiger partial charge in [0.15, 0.2) is 5.69 Å². The molecule has 0 radical (unpaired) electrons. The van der Waals surface area contributed by atoms with E-state index in [2.05, 4.69) is 10.4 Å². The van der Waals surface area contributed by atoms with Crippen molar-refractivity contribution in [2.24, 2.45) is 0 Å². The van der Waals surface area contributed by atoms with Gasteiger partial charge in [-0.2, -0.15) is 9.78 Å². The van der Waals surface area contributed by atoms with Crippen LogP contribution in [0.4, 0.5) is 5.69 Å². The number of methoxy groups -OCH3 is 2. The van der Waals surface area contributed by atoms with Gasteiger partial charge in [0.25, 0.3) is 11.5 Å². The molecule has 178 valence electrons. The fourth-order valence-electron chi connectivity index (χ4n) is 3.61. The van der Waals surface area contributed by atoms with Gasteiger partial charge >= 0.3 is 5.97 Å². The van der Waals surface area contributed by atoms with Crippen molar-refractivity contribution in [3.8, 4) is 17.2 Å². The Morgan fingerprint density at radius 2 is 1.54 bits per heavy atom. The minimum atomic E-state index is -0.596. The third-order valence-electron chi connectivity index (χ3n) is 5.27. The first-order valence-electron chi connectivity index (χ1n) is 10.8. The molecule has 1 amide bonds. The zero-order valence-corrected chi connectivity index (χ0v) is 19.4. The van der Waals surface area contributed by atoms with Crippen LogP contribution in [0.3, 0.4) is 0 Å². The minimum Gasteiger partial charge on any atom is -0.497 e. The highest BCUT2D eigenvalue weighted by Crippen LogP contribution is 2.25. The molecule has 0 unspecified atom stereocenters. The lowest BCUT2D eigenvalue weighted by atomic mass is 10.1. The summed E-state index contributed by atoms with van der Waals surface area (Å²) in [6.07, 6.45) is 0. The van der Waals surface area contributed by atoms with Crippen LogP contribution in [0.1, 0.15) is 27.8 Å². The number of aromatic nitrogens is 2. The molecular formula is C26H23N3O6. The molecule has 0 atom stereocenters. The van der Waals surface area contributed by atoms with E-state index in [1.165, 1.54) is 14.2 Å². The minimum absolute atomic E-state index is 0.000601. The number of benzene rings is 3. The van der Waals surface area contributed by atoms with Gasteiger partial charge in [0.05, 0.1) is 43.2 Å². The van der Waals surface area contributed by atoms with Crippen LogP contribution in [0, 0.1) is 0 Å². The number of esters is 1. The van der Waals surface area contributed by atoms with Gasteiger partial charge < -0.3 is 19.5 Å². The number of fused-ring (bicyclic) bond motifs is 1. The Balaban J connectivity index is 1.86. The molecule has 4 aromatic rings. The van der Waals surface area contributed by atoms with Gasteiger partial charge in [0.2, 0.25) is 0 Å². The summed E-state index contributed by atoms with van der Waals surface area (Å²) in [5.74, 6) is -0.248. The van der Waals surface area contributed by atoms with Crippen molar-refractivity contribution in [3.05, 3.63) is 88.3 Å². The van der Waals surface area contributed by atoms with Gasteiger partial charge in [0.1, 0.15) is 11.5 Å². The molecule has 1 N–H and O–H groups in total. The molecular weight excluding hydrogens is 450 g/mol. The van der Waals surface area contributed by atoms with Gasteiger partial charge in [-0.3, -0.25) is 9.59 Å². The van der Waals surface area contributed by atoms with E-state index in [9.17, 15) is 14.4 Å². The highest BCUT2D eigenvalue weighted by atomic mass is 16.5. The highest BCUT2D eigenvalue weighted by molar-refractivity contribution is 6.13. The van der Waals surface area contributed by atoms with Crippen molar-refractivity contribution >= 4 is 28.3 Å². The zero-order valence-electron chi connectivity index (χ0n) is 19.4. The fraction of sp³-hybridized carbons (Fsp3) is 0.154. The Bertz CT molecular complexity index is 1460. The van der Waals surface area contributed by atoms with Crippen LogP contribution in [0.5, 0.6) is 11.5 Å². The van der Waals surface area contributed by atoms with E-state index >= 15 is 0 Å². The van der Waals surface area contributed by atoms with Crippen molar-refractivity contribution in [1.82, 2.24) is 9.78 Å². The van der Waals surface area contributed by atoms with Crippen LogP contribution in [0.15, 0.2) is 71.5 Å². The van der Waals surface area contributed by atoms with Gasteiger partial charge in [-0.25, -0.2) is 4.79 Å². The maximum absolute atomic E-state index is 13.4. The molecule has 0 aliphatic rings.